The summed E-state index contributed by atoms with van der Waals surface area (Å²) in [7, 11) is 0. The first-order valence-electron chi connectivity index (χ1n) is 9.42. The zero-order valence-electron chi connectivity index (χ0n) is 15.6. The molecule has 2 rings (SSSR count). The highest BCUT2D eigenvalue weighted by Gasteiger charge is 2.33. The monoisotopic (exact) mass is 424 g/mol. The van der Waals surface area contributed by atoms with Crippen LogP contribution in [0, 0.1) is 6.92 Å². The Kier molecular flexibility index (Phi) is 8.14. The van der Waals surface area contributed by atoms with Gasteiger partial charge in [0.25, 0.3) is 5.92 Å². The lowest BCUT2D eigenvalue weighted by molar-refractivity contribution is -0.0204. The minimum atomic E-state index is -2.92. The van der Waals surface area contributed by atoms with Crippen molar-refractivity contribution < 1.29 is 8.78 Å². The lowest BCUT2D eigenvalue weighted by Crippen LogP contribution is -2.16. The van der Waals surface area contributed by atoms with E-state index in [0.717, 1.165) is 29.3 Å². The predicted molar refractivity (Wildman–Crippen MR) is 106 cm³/mol. The summed E-state index contributed by atoms with van der Waals surface area (Å²) >= 11 is 3.38. The van der Waals surface area contributed by atoms with Crippen LogP contribution >= 0.6 is 15.9 Å². The molecular weight excluding hydrogens is 398 g/mol. The van der Waals surface area contributed by atoms with Gasteiger partial charge in [-0.1, -0.05) is 73.5 Å². The molecule has 0 saturated carbocycles. The zero-order valence-corrected chi connectivity index (χ0v) is 17.2. The van der Waals surface area contributed by atoms with Crippen LogP contribution in [-0.4, -0.2) is 9.97 Å². The van der Waals surface area contributed by atoms with Gasteiger partial charge < -0.3 is 0 Å². The van der Waals surface area contributed by atoms with Crippen LogP contribution in [0.2, 0.25) is 0 Å². The van der Waals surface area contributed by atoms with E-state index in [2.05, 4.69) is 32.8 Å². The van der Waals surface area contributed by atoms with Crippen LogP contribution < -0.4 is 0 Å². The third-order valence-electron chi connectivity index (χ3n) is 4.45. The standard InChI is InChI=1S/C21H27BrF2N2/c1-3-4-5-6-7-8-9-14-21(23,24)20-15-19(25-16(2)26-20)17-10-12-18(22)13-11-17/h10-13,15H,3-9,14H2,1-2H3. The number of benzene rings is 1. The summed E-state index contributed by atoms with van der Waals surface area (Å²) in [6, 6.07) is 8.91. The van der Waals surface area contributed by atoms with E-state index in [-0.39, 0.29) is 12.1 Å². The largest absolute Gasteiger partial charge is 0.289 e. The first-order valence-corrected chi connectivity index (χ1v) is 10.2. The van der Waals surface area contributed by atoms with Crippen LogP contribution in [0.3, 0.4) is 0 Å². The van der Waals surface area contributed by atoms with E-state index < -0.39 is 5.92 Å². The molecule has 26 heavy (non-hydrogen) atoms. The van der Waals surface area contributed by atoms with Gasteiger partial charge in [-0.2, -0.15) is 8.78 Å². The molecule has 0 aliphatic heterocycles. The first kappa shape index (κ1) is 20.9. The van der Waals surface area contributed by atoms with Gasteiger partial charge in [0.05, 0.1) is 5.69 Å². The summed E-state index contributed by atoms with van der Waals surface area (Å²) in [6.45, 7) is 3.84. The molecule has 142 valence electrons. The SMILES string of the molecule is CCCCCCCCCC(F)(F)c1cc(-c2ccc(Br)cc2)nc(C)n1. The number of rotatable bonds is 10. The van der Waals surface area contributed by atoms with Gasteiger partial charge in [0.2, 0.25) is 0 Å². The second-order valence-corrected chi connectivity index (χ2v) is 7.68. The Morgan fingerprint density at radius 1 is 0.923 bits per heavy atom. The van der Waals surface area contributed by atoms with Gasteiger partial charge in [0, 0.05) is 16.5 Å². The zero-order chi connectivity index (χ0) is 19.0. The fourth-order valence-electron chi connectivity index (χ4n) is 2.96. The number of hydrogen-bond donors (Lipinski definition) is 0. The Hall–Kier alpha value is -1.36. The van der Waals surface area contributed by atoms with Crippen molar-refractivity contribution in [2.24, 2.45) is 0 Å². The molecule has 5 heteroatoms. The van der Waals surface area contributed by atoms with Crippen molar-refractivity contribution in [2.75, 3.05) is 0 Å². The predicted octanol–water partition coefficient (Wildman–Crippen LogP) is 7.45. The molecule has 0 atom stereocenters. The molecule has 0 aliphatic rings. The summed E-state index contributed by atoms with van der Waals surface area (Å²) < 4.78 is 30.2. The Morgan fingerprint density at radius 2 is 1.54 bits per heavy atom. The van der Waals surface area contributed by atoms with Gasteiger partial charge >= 0.3 is 0 Å². The van der Waals surface area contributed by atoms with Gasteiger partial charge in [-0.25, -0.2) is 9.97 Å². The smallest absolute Gasteiger partial charge is 0.233 e. The molecule has 0 unspecified atom stereocenters. The van der Waals surface area contributed by atoms with Gasteiger partial charge in [0.15, 0.2) is 0 Å². The van der Waals surface area contributed by atoms with Crippen molar-refractivity contribution in [3.05, 3.63) is 46.3 Å². The van der Waals surface area contributed by atoms with E-state index in [4.69, 9.17) is 0 Å². The number of alkyl halides is 2. The number of unbranched alkanes of at least 4 members (excludes halogenated alkanes) is 6. The molecule has 2 nitrogen and oxygen atoms in total. The highest BCUT2D eigenvalue weighted by atomic mass is 79.9. The molecule has 1 aromatic carbocycles. The van der Waals surface area contributed by atoms with Crippen LogP contribution in [-0.2, 0) is 5.92 Å². The molecule has 0 aliphatic carbocycles. The quantitative estimate of drug-likeness (QED) is 0.370. The van der Waals surface area contributed by atoms with E-state index >= 15 is 0 Å². The van der Waals surface area contributed by atoms with E-state index in [1.165, 1.54) is 25.3 Å². The summed E-state index contributed by atoms with van der Waals surface area (Å²) in [5.74, 6) is -2.54. The molecule has 1 aromatic heterocycles. The number of halogens is 3. The molecule has 0 saturated heterocycles. The fourth-order valence-corrected chi connectivity index (χ4v) is 3.22. The summed E-state index contributed by atoms with van der Waals surface area (Å²) in [5.41, 5.74) is 1.18. The fraction of sp³-hybridized carbons (Fsp3) is 0.524. The van der Waals surface area contributed by atoms with Gasteiger partial charge in [0.1, 0.15) is 11.5 Å². The minimum Gasteiger partial charge on any atom is -0.233 e. The van der Waals surface area contributed by atoms with Crippen molar-refractivity contribution >= 4 is 15.9 Å². The van der Waals surface area contributed by atoms with Crippen molar-refractivity contribution in [3.8, 4) is 11.3 Å². The molecule has 1 heterocycles. The lowest BCUT2D eigenvalue weighted by atomic mass is 10.0. The van der Waals surface area contributed by atoms with Gasteiger partial charge in [-0.3, -0.25) is 0 Å². The van der Waals surface area contributed by atoms with Crippen LogP contribution in [0.15, 0.2) is 34.8 Å². The number of aryl methyl sites for hydroxylation is 1. The molecular formula is C21H27BrF2N2. The molecule has 0 fully saturated rings. The molecule has 2 aromatic rings. The van der Waals surface area contributed by atoms with Crippen LogP contribution in [0.4, 0.5) is 8.78 Å². The van der Waals surface area contributed by atoms with E-state index in [9.17, 15) is 8.78 Å². The average molecular weight is 425 g/mol. The maximum Gasteiger partial charge on any atom is 0.289 e. The van der Waals surface area contributed by atoms with Crippen molar-refractivity contribution in [1.29, 1.82) is 0 Å². The van der Waals surface area contributed by atoms with E-state index in [1.807, 2.05) is 24.3 Å². The summed E-state index contributed by atoms with van der Waals surface area (Å²) in [5, 5.41) is 0. The van der Waals surface area contributed by atoms with Crippen LogP contribution in [0.25, 0.3) is 11.3 Å². The highest BCUT2D eigenvalue weighted by molar-refractivity contribution is 9.10. The summed E-state index contributed by atoms with van der Waals surface area (Å²) in [4.78, 5) is 8.34. The van der Waals surface area contributed by atoms with E-state index in [1.54, 1.807) is 6.92 Å². The van der Waals surface area contributed by atoms with Crippen LogP contribution in [0.1, 0.15) is 69.8 Å². The first-order chi connectivity index (χ1) is 12.4. The second-order valence-electron chi connectivity index (χ2n) is 6.77. The Labute approximate surface area is 163 Å². The maximum absolute atomic E-state index is 14.6. The third kappa shape index (κ3) is 6.42. The molecule has 0 radical (unpaired) electrons. The Morgan fingerprint density at radius 3 is 2.19 bits per heavy atom. The average Bonchev–Trinajstić information content (AvgIpc) is 2.61. The summed E-state index contributed by atoms with van der Waals surface area (Å²) in [6.07, 6.45) is 7.02. The molecule has 0 amide bonds. The third-order valence-corrected chi connectivity index (χ3v) is 4.98. The topological polar surface area (TPSA) is 25.8 Å². The number of aromatic nitrogens is 2. The van der Waals surface area contributed by atoms with Gasteiger partial charge in [-0.15, -0.1) is 0 Å². The van der Waals surface area contributed by atoms with Crippen molar-refractivity contribution in [1.82, 2.24) is 9.97 Å². The normalized spacial score (nSPS) is 11.7. The minimum absolute atomic E-state index is 0.156. The van der Waals surface area contributed by atoms with Gasteiger partial charge in [-0.05, 0) is 31.5 Å². The number of nitrogens with zero attached hydrogens (tertiary/aromatic N) is 2. The second kappa shape index (κ2) is 10.1. The van der Waals surface area contributed by atoms with Crippen molar-refractivity contribution in [2.45, 2.75) is 71.1 Å². The van der Waals surface area contributed by atoms with Crippen molar-refractivity contribution in [3.63, 3.8) is 0 Å². The Balaban J connectivity index is 2.00. The number of hydrogen-bond acceptors (Lipinski definition) is 2. The molecule has 0 spiro atoms. The maximum atomic E-state index is 14.6. The molecule has 0 bridgehead atoms. The Bertz CT molecular complexity index is 687. The molecule has 0 N–H and O–H groups in total. The van der Waals surface area contributed by atoms with Crippen LogP contribution in [0.5, 0.6) is 0 Å². The lowest BCUT2D eigenvalue weighted by Gasteiger charge is -2.17. The highest BCUT2D eigenvalue weighted by Crippen LogP contribution is 2.34. The van der Waals surface area contributed by atoms with E-state index in [0.29, 0.717) is 17.9 Å².